The quantitative estimate of drug-likeness (QED) is 0.881. The van der Waals surface area contributed by atoms with Crippen LogP contribution in [0.15, 0.2) is 30.3 Å². The first-order valence-corrected chi connectivity index (χ1v) is 6.89. The number of aryl methyl sites for hydroxylation is 2. The van der Waals surface area contributed by atoms with Gasteiger partial charge in [-0.05, 0) is 37.6 Å². The van der Waals surface area contributed by atoms with Gasteiger partial charge in [0, 0.05) is 5.56 Å². The van der Waals surface area contributed by atoms with Crippen LogP contribution in [-0.2, 0) is 4.74 Å². The highest BCUT2D eigenvalue weighted by Gasteiger charge is 2.15. The summed E-state index contributed by atoms with van der Waals surface area (Å²) in [5.41, 5.74) is 2.48. The van der Waals surface area contributed by atoms with Crippen LogP contribution in [0.4, 0.5) is 5.00 Å². The van der Waals surface area contributed by atoms with Crippen LogP contribution < -0.4 is 5.32 Å². The zero-order chi connectivity index (χ0) is 14.7. The monoisotopic (exact) mass is 289 g/mol. The molecule has 0 fully saturated rings. The molecule has 0 aliphatic rings. The van der Waals surface area contributed by atoms with E-state index in [1.807, 2.05) is 26.0 Å². The summed E-state index contributed by atoms with van der Waals surface area (Å²) in [6.45, 7) is 3.78. The molecule has 20 heavy (non-hydrogen) atoms. The third-order valence-electron chi connectivity index (χ3n) is 2.84. The first-order chi connectivity index (χ1) is 9.51. The number of nitrogens with one attached hydrogen (secondary N) is 1. The van der Waals surface area contributed by atoms with Crippen molar-refractivity contribution >= 4 is 28.2 Å². The second kappa shape index (κ2) is 5.88. The fraction of sp³-hybridized carbons (Fsp3) is 0.200. The zero-order valence-corrected chi connectivity index (χ0v) is 12.3. The number of hydrogen-bond donors (Lipinski definition) is 1. The number of thiophene rings is 1. The smallest absolute Gasteiger partial charge is 0.348 e. The van der Waals surface area contributed by atoms with Crippen molar-refractivity contribution in [3.05, 3.63) is 51.9 Å². The Morgan fingerprint density at radius 1 is 1.15 bits per heavy atom. The van der Waals surface area contributed by atoms with E-state index in [0.717, 1.165) is 11.1 Å². The van der Waals surface area contributed by atoms with E-state index in [2.05, 4.69) is 5.32 Å². The van der Waals surface area contributed by atoms with Crippen molar-refractivity contribution in [1.29, 1.82) is 0 Å². The van der Waals surface area contributed by atoms with Crippen LogP contribution in [0.25, 0.3) is 0 Å². The summed E-state index contributed by atoms with van der Waals surface area (Å²) in [5.74, 6) is -0.578. The topological polar surface area (TPSA) is 55.4 Å². The van der Waals surface area contributed by atoms with Crippen LogP contribution >= 0.6 is 11.3 Å². The number of esters is 1. The van der Waals surface area contributed by atoms with Crippen LogP contribution in [0, 0.1) is 13.8 Å². The van der Waals surface area contributed by atoms with Crippen molar-refractivity contribution in [2.45, 2.75) is 13.8 Å². The van der Waals surface area contributed by atoms with Gasteiger partial charge in [-0.1, -0.05) is 17.7 Å². The van der Waals surface area contributed by atoms with E-state index in [4.69, 9.17) is 4.74 Å². The highest BCUT2D eigenvalue weighted by atomic mass is 32.1. The van der Waals surface area contributed by atoms with Crippen molar-refractivity contribution in [3.8, 4) is 0 Å². The van der Waals surface area contributed by atoms with Crippen LogP contribution in [-0.4, -0.2) is 19.0 Å². The molecule has 1 aromatic heterocycles. The molecule has 0 bridgehead atoms. The Morgan fingerprint density at radius 3 is 2.40 bits per heavy atom. The number of benzene rings is 1. The lowest BCUT2D eigenvalue weighted by Crippen LogP contribution is -2.10. The largest absolute Gasteiger partial charge is 0.465 e. The Labute approximate surface area is 121 Å². The molecule has 0 saturated carbocycles. The molecular weight excluding hydrogens is 274 g/mol. The molecule has 0 radical (unpaired) electrons. The number of carbonyl (C=O) groups excluding carboxylic acids is 2. The van der Waals surface area contributed by atoms with Gasteiger partial charge < -0.3 is 10.1 Å². The van der Waals surface area contributed by atoms with Crippen LogP contribution in [0.1, 0.15) is 31.2 Å². The number of carbonyl (C=O) groups is 2. The average molecular weight is 289 g/mol. The minimum Gasteiger partial charge on any atom is -0.465 e. The van der Waals surface area contributed by atoms with Gasteiger partial charge in [0.1, 0.15) is 4.88 Å². The second-order valence-electron chi connectivity index (χ2n) is 4.43. The molecule has 1 N–H and O–H groups in total. The standard InChI is InChI=1S/C15H15NO3S/c1-9-4-6-11(7-5-9)14(17)16-12-8-10(2)13(20-12)15(18)19-3/h4-8H,1-3H3,(H,16,17). The number of anilines is 1. The third kappa shape index (κ3) is 3.05. The Morgan fingerprint density at radius 2 is 1.80 bits per heavy atom. The molecule has 0 aliphatic heterocycles. The molecule has 2 aromatic rings. The Hall–Kier alpha value is -2.14. The first-order valence-electron chi connectivity index (χ1n) is 6.08. The molecule has 104 valence electrons. The van der Waals surface area contributed by atoms with Crippen molar-refractivity contribution < 1.29 is 14.3 Å². The zero-order valence-electron chi connectivity index (χ0n) is 11.5. The van der Waals surface area contributed by atoms with Crippen molar-refractivity contribution in [2.75, 3.05) is 12.4 Å². The molecule has 0 saturated heterocycles. The normalized spacial score (nSPS) is 10.2. The summed E-state index contributed by atoms with van der Waals surface area (Å²) in [6.07, 6.45) is 0. The fourth-order valence-corrected chi connectivity index (χ4v) is 2.71. The number of methoxy groups -OCH3 is 1. The van der Waals surface area contributed by atoms with Gasteiger partial charge in [-0.3, -0.25) is 4.79 Å². The minimum absolute atomic E-state index is 0.192. The highest BCUT2D eigenvalue weighted by molar-refractivity contribution is 7.18. The molecule has 1 aromatic carbocycles. The van der Waals surface area contributed by atoms with E-state index < -0.39 is 0 Å². The molecule has 4 nitrogen and oxygen atoms in total. The van der Waals surface area contributed by atoms with Gasteiger partial charge >= 0.3 is 5.97 Å². The minimum atomic E-state index is -0.386. The predicted molar refractivity (Wildman–Crippen MR) is 79.5 cm³/mol. The maximum absolute atomic E-state index is 12.1. The van der Waals surface area contributed by atoms with Gasteiger partial charge in [0.25, 0.3) is 5.91 Å². The van der Waals surface area contributed by atoms with Gasteiger partial charge in [0.2, 0.25) is 0 Å². The average Bonchev–Trinajstić information content (AvgIpc) is 2.79. The van der Waals surface area contributed by atoms with Crippen LogP contribution in [0.3, 0.4) is 0 Å². The predicted octanol–water partition coefficient (Wildman–Crippen LogP) is 3.40. The van der Waals surface area contributed by atoms with Crippen molar-refractivity contribution in [1.82, 2.24) is 0 Å². The van der Waals surface area contributed by atoms with E-state index in [9.17, 15) is 9.59 Å². The van der Waals surface area contributed by atoms with Gasteiger partial charge in [-0.25, -0.2) is 4.79 Å². The molecule has 2 rings (SSSR count). The Kier molecular flexibility index (Phi) is 4.20. The summed E-state index contributed by atoms with van der Waals surface area (Å²) in [5, 5.41) is 3.42. The lowest BCUT2D eigenvalue weighted by Gasteiger charge is -2.02. The molecule has 5 heteroatoms. The molecule has 1 amide bonds. The van der Waals surface area contributed by atoms with E-state index >= 15 is 0 Å². The van der Waals surface area contributed by atoms with Gasteiger partial charge in [0.05, 0.1) is 12.1 Å². The van der Waals surface area contributed by atoms with Crippen molar-refractivity contribution in [2.24, 2.45) is 0 Å². The molecule has 0 atom stereocenters. The van der Waals surface area contributed by atoms with E-state index in [-0.39, 0.29) is 11.9 Å². The van der Waals surface area contributed by atoms with Crippen LogP contribution in [0.2, 0.25) is 0 Å². The van der Waals surface area contributed by atoms with E-state index in [1.165, 1.54) is 18.4 Å². The number of ether oxygens (including phenoxy) is 1. The SMILES string of the molecule is COC(=O)c1sc(NC(=O)c2ccc(C)cc2)cc1C. The van der Waals surface area contributed by atoms with Gasteiger partial charge in [0.15, 0.2) is 0 Å². The summed E-state index contributed by atoms with van der Waals surface area (Å²) in [7, 11) is 1.34. The molecular formula is C15H15NO3S. The Bertz CT molecular complexity index is 644. The third-order valence-corrected chi connectivity index (χ3v) is 3.97. The van der Waals surface area contributed by atoms with Gasteiger partial charge in [-0.15, -0.1) is 11.3 Å². The summed E-state index contributed by atoms with van der Waals surface area (Å²) < 4.78 is 4.69. The molecule has 0 aliphatic carbocycles. The number of amides is 1. The van der Waals surface area contributed by atoms with E-state index in [0.29, 0.717) is 15.4 Å². The van der Waals surface area contributed by atoms with Gasteiger partial charge in [-0.2, -0.15) is 0 Å². The number of hydrogen-bond acceptors (Lipinski definition) is 4. The number of rotatable bonds is 3. The highest BCUT2D eigenvalue weighted by Crippen LogP contribution is 2.27. The van der Waals surface area contributed by atoms with E-state index in [1.54, 1.807) is 18.2 Å². The molecule has 0 spiro atoms. The van der Waals surface area contributed by atoms with Crippen LogP contribution in [0.5, 0.6) is 0 Å². The van der Waals surface area contributed by atoms with Crippen molar-refractivity contribution in [3.63, 3.8) is 0 Å². The lowest BCUT2D eigenvalue weighted by molar-refractivity contribution is 0.0605. The Balaban J connectivity index is 2.16. The fourth-order valence-electron chi connectivity index (χ4n) is 1.73. The summed E-state index contributed by atoms with van der Waals surface area (Å²) in [6, 6.07) is 9.07. The summed E-state index contributed by atoms with van der Waals surface area (Å²) in [4.78, 5) is 24.1. The lowest BCUT2D eigenvalue weighted by atomic mass is 10.1. The molecule has 0 unspecified atom stereocenters. The molecule has 1 heterocycles. The first kappa shape index (κ1) is 14.3. The maximum Gasteiger partial charge on any atom is 0.348 e. The second-order valence-corrected chi connectivity index (χ2v) is 5.49. The summed E-state index contributed by atoms with van der Waals surface area (Å²) >= 11 is 1.21. The maximum atomic E-state index is 12.1.